The Morgan fingerprint density at radius 2 is 1.91 bits per heavy atom. The van der Waals surface area contributed by atoms with Crippen LogP contribution in [-0.2, 0) is 25.7 Å². The van der Waals surface area contributed by atoms with Crippen LogP contribution in [0, 0.1) is 5.92 Å². The lowest BCUT2D eigenvalue weighted by Crippen LogP contribution is -2.49. The van der Waals surface area contributed by atoms with E-state index >= 15 is 0 Å². The highest BCUT2D eigenvalue weighted by molar-refractivity contribution is 5.83. The number of imidazole rings is 1. The number of rotatable bonds is 11. The predicted octanol–water partition coefficient (Wildman–Crippen LogP) is 3.02. The fraction of sp³-hybridized carbons (Fsp3) is 0.750. The van der Waals surface area contributed by atoms with E-state index in [-0.39, 0.29) is 24.8 Å². The van der Waals surface area contributed by atoms with E-state index in [0.717, 1.165) is 32.4 Å². The largest absolute Gasteiger partial charge is 0.465 e. The van der Waals surface area contributed by atoms with E-state index in [4.69, 9.17) is 4.74 Å². The molecule has 0 spiro atoms. The van der Waals surface area contributed by atoms with E-state index < -0.39 is 5.97 Å². The van der Waals surface area contributed by atoms with Gasteiger partial charge in [-0.15, -0.1) is 0 Å². The summed E-state index contributed by atoms with van der Waals surface area (Å²) < 4.78 is 6.99. The van der Waals surface area contributed by atoms with Crippen molar-refractivity contribution in [2.24, 2.45) is 5.92 Å². The molecule has 1 saturated heterocycles. The van der Waals surface area contributed by atoms with Crippen LogP contribution in [0.1, 0.15) is 71.1 Å². The third-order valence-corrected chi connectivity index (χ3v) is 6.73. The molecule has 1 aromatic rings. The monoisotopic (exact) mass is 446 g/mol. The van der Waals surface area contributed by atoms with Gasteiger partial charge >= 0.3 is 5.97 Å². The van der Waals surface area contributed by atoms with Crippen molar-refractivity contribution < 1.29 is 19.1 Å². The number of ether oxygens (including phenoxy) is 1. The van der Waals surface area contributed by atoms with Crippen molar-refractivity contribution in [1.29, 1.82) is 0 Å². The van der Waals surface area contributed by atoms with E-state index in [2.05, 4.69) is 9.88 Å². The molecule has 32 heavy (non-hydrogen) atoms. The molecule has 1 saturated carbocycles. The van der Waals surface area contributed by atoms with E-state index in [1.165, 1.54) is 25.7 Å². The van der Waals surface area contributed by atoms with Gasteiger partial charge in [0.05, 0.1) is 12.9 Å². The highest BCUT2D eigenvalue weighted by atomic mass is 16.5. The predicted molar refractivity (Wildman–Crippen MR) is 121 cm³/mol. The fourth-order valence-electron chi connectivity index (χ4n) is 5.14. The van der Waals surface area contributed by atoms with Crippen molar-refractivity contribution in [3.8, 4) is 0 Å². The molecule has 2 amide bonds. The summed E-state index contributed by atoms with van der Waals surface area (Å²) in [6.45, 7) is 4.06. The number of nitrogens with zero attached hydrogens (tertiary/aromatic N) is 4. The quantitative estimate of drug-likeness (QED) is 0.488. The Balaban J connectivity index is 1.46. The maximum Gasteiger partial charge on any atom is 0.325 e. The molecule has 0 N–H and O–H groups in total. The Hall–Kier alpha value is -2.38. The molecule has 2 aliphatic rings. The second-order valence-corrected chi connectivity index (χ2v) is 8.97. The van der Waals surface area contributed by atoms with Crippen LogP contribution in [0.3, 0.4) is 0 Å². The highest BCUT2D eigenvalue weighted by Crippen LogP contribution is 2.35. The molecule has 178 valence electrons. The van der Waals surface area contributed by atoms with Gasteiger partial charge in [-0.25, -0.2) is 4.98 Å². The van der Waals surface area contributed by atoms with Crippen molar-refractivity contribution >= 4 is 17.8 Å². The summed E-state index contributed by atoms with van der Waals surface area (Å²) in [6.07, 6.45) is 14.5. The summed E-state index contributed by atoms with van der Waals surface area (Å²) in [4.78, 5) is 45.4. The minimum Gasteiger partial charge on any atom is -0.465 e. The third-order valence-electron chi connectivity index (χ3n) is 6.73. The van der Waals surface area contributed by atoms with Crippen LogP contribution in [0.15, 0.2) is 18.7 Å². The van der Waals surface area contributed by atoms with Gasteiger partial charge in [-0.05, 0) is 51.4 Å². The molecule has 8 heteroatoms. The molecular weight excluding hydrogens is 408 g/mol. The lowest BCUT2D eigenvalue weighted by molar-refractivity contribution is -0.149. The van der Waals surface area contributed by atoms with E-state index in [9.17, 15) is 14.4 Å². The van der Waals surface area contributed by atoms with E-state index in [1.54, 1.807) is 24.3 Å². The van der Waals surface area contributed by atoms with Crippen LogP contribution >= 0.6 is 0 Å². The third kappa shape index (κ3) is 7.07. The van der Waals surface area contributed by atoms with Crippen LogP contribution in [0.2, 0.25) is 0 Å². The van der Waals surface area contributed by atoms with Crippen LogP contribution in [0.4, 0.5) is 0 Å². The van der Waals surface area contributed by atoms with Gasteiger partial charge in [0, 0.05) is 50.9 Å². The number of carbonyl (C=O) groups excluding carboxylic acids is 3. The average Bonchev–Trinajstić information content (AvgIpc) is 3.31. The van der Waals surface area contributed by atoms with Crippen molar-refractivity contribution in [3.63, 3.8) is 0 Å². The van der Waals surface area contributed by atoms with Crippen molar-refractivity contribution in [2.75, 3.05) is 26.2 Å². The first-order valence-electron chi connectivity index (χ1n) is 12.3. The van der Waals surface area contributed by atoms with Gasteiger partial charge in [0.15, 0.2) is 0 Å². The molecule has 1 aliphatic carbocycles. The molecule has 2 atom stereocenters. The minimum atomic E-state index is -0.392. The van der Waals surface area contributed by atoms with Crippen LogP contribution in [0.25, 0.3) is 0 Å². The van der Waals surface area contributed by atoms with Gasteiger partial charge in [-0.2, -0.15) is 0 Å². The molecule has 2 heterocycles. The topological polar surface area (TPSA) is 84.7 Å². The molecule has 1 aliphatic heterocycles. The number of aromatic nitrogens is 2. The second kappa shape index (κ2) is 12.6. The average molecular weight is 447 g/mol. The van der Waals surface area contributed by atoms with Crippen molar-refractivity contribution in [2.45, 2.75) is 83.7 Å². The first-order chi connectivity index (χ1) is 15.6. The number of hydrogen-bond donors (Lipinski definition) is 0. The van der Waals surface area contributed by atoms with Crippen LogP contribution in [0.5, 0.6) is 0 Å². The van der Waals surface area contributed by atoms with E-state index in [1.807, 2.05) is 10.8 Å². The number of piperidine rings is 1. The zero-order valence-corrected chi connectivity index (χ0v) is 19.4. The van der Waals surface area contributed by atoms with Crippen molar-refractivity contribution in [1.82, 2.24) is 19.4 Å². The Morgan fingerprint density at radius 3 is 2.69 bits per heavy atom. The fourth-order valence-corrected chi connectivity index (χ4v) is 5.14. The summed E-state index contributed by atoms with van der Waals surface area (Å²) >= 11 is 0. The molecule has 2 fully saturated rings. The molecule has 3 rings (SSSR count). The zero-order valence-electron chi connectivity index (χ0n) is 19.4. The molecular formula is C24H38N4O4. The first kappa shape index (κ1) is 24.3. The Bertz CT molecular complexity index is 734. The zero-order chi connectivity index (χ0) is 22.8. The maximum atomic E-state index is 12.9. The summed E-state index contributed by atoms with van der Waals surface area (Å²) in [5.74, 6) is 0.368. The number of amides is 2. The van der Waals surface area contributed by atoms with Gasteiger partial charge < -0.3 is 19.1 Å². The van der Waals surface area contributed by atoms with Gasteiger partial charge in [-0.1, -0.05) is 12.8 Å². The molecule has 0 aromatic carbocycles. The molecule has 8 nitrogen and oxygen atoms in total. The lowest BCUT2D eigenvalue weighted by atomic mass is 9.78. The first-order valence-corrected chi connectivity index (χ1v) is 12.3. The summed E-state index contributed by atoms with van der Waals surface area (Å²) in [5, 5.41) is 0. The summed E-state index contributed by atoms with van der Waals surface area (Å²) in [6, 6.07) is 0.407. The standard InChI is InChI=1S/C24H38N4O4/c1-2-32-24(31)18-27(15-7-14-26-17-13-25-19-26)22(29)11-5-12-23(30)28-16-6-9-20-8-3-4-10-21(20)28/h13,17,19-21H,2-12,14-16,18H2,1H3. The van der Waals surface area contributed by atoms with Crippen LogP contribution in [-0.4, -0.2) is 69.4 Å². The summed E-state index contributed by atoms with van der Waals surface area (Å²) in [7, 11) is 0. The van der Waals surface area contributed by atoms with Gasteiger partial charge in [0.25, 0.3) is 0 Å². The number of esters is 1. The maximum absolute atomic E-state index is 12.9. The Labute approximate surface area is 191 Å². The SMILES string of the molecule is CCOC(=O)CN(CCCn1ccnc1)C(=O)CCCC(=O)N1CCCC2CCCCC21. The summed E-state index contributed by atoms with van der Waals surface area (Å²) in [5.41, 5.74) is 0. The van der Waals surface area contributed by atoms with Crippen LogP contribution < -0.4 is 0 Å². The molecule has 0 radical (unpaired) electrons. The Kier molecular flexibility index (Phi) is 9.56. The number of fused-ring (bicyclic) bond motifs is 1. The van der Waals surface area contributed by atoms with Gasteiger partial charge in [0.2, 0.25) is 11.8 Å². The second-order valence-electron chi connectivity index (χ2n) is 8.97. The van der Waals surface area contributed by atoms with Gasteiger partial charge in [-0.3, -0.25) is 14.4 Å². The molecule has 1 aromatic heterocycles. The Morgan fingerprint density at radius 1 is 1.09 bits per heavy atom. The smallest absolute Gasteiger partial charge is 0.325 e. The highest BCUT2D eigenvalue weighted by Gasteiger charge is 2.35. The normalized spacial score (nSPS) is 20.5. The number of likely N-dealkylation sites (tertiary alicyclic amines) is 1. The van der Waals surface area contributed by atoms with Crippen molar-refractivity contribution in [3.05, 3.63) is 18.7 Å². The number of hydrogen-bond acceptors (Lipinski definition) is 5. The molecule has 0 bridgehead atoms. The number of carbonyl (C=O) groups is 3. The van der Waals surface area contributed by atoms with E-state index in [0.29, 0.717) is 38.0 Å². The lowest BCUT2D eigenvalue weighted by Gasteiger charge is -2.44. The molecule has 2 unspecified atom stereocenters. The minimum absolute atomic E-state index is 0.0412. The van der Waals surface area contributed by atoms with Gasteiger partial charge in [0.1, 0.15) is 6.54 Å². The number of aryl methyl sites for hydroxylation is 1.